The smallest absolute Gasteiger partial charge is 0.253 e. The van der Waals surface area contributed by atoms with E-state index >= 15 is 0 Å². The van der Waals surface area contributed by atoms with E-state index in [2.05, 4.69) is 10.1 Å². The Bertz CT molecular complexity index is 936. The maximum absolute atomic E-state index is 12.8. The Hall–Kier alpha value is -2.92. The number of hydrogen-bond donors (Lipinski definition) is 0. The van der Waals surface area contributed by atoms with Gasteiger partial charge in [-0.25, -0.2) is 0 Å². The number of carbonyl (C=O) groups excluding carboxylic acids is 1. The summed E-state index contributed by atoms with van der Waals surface area (Å²) in [4.78, 5) is 17.1. The van der Waals surface area contributed by atoms with Crippen molar-refractivity contribution < 1.29 is 9.32 Å². The van der Waals surface area contributed by atoms with Crippen LogP contribution >= 0.6 is 0 Å². The Labute approximate surface area is 165 Å². The topological polar surface area (TPSA) is 49.6 Å². The highest BCUT2D eigenvalue weighted by atomic mass is 16.5. The lowest BCUT2D eigenvalue weighted by Crippen LogP contribution is -2.35. The first-order valence-corrected chi connectivity index (χ1v) is 9.78. The van der Waals surface area contributed by atoms with Crippen molar-refractivity contribution in [1.29, 1.82) is 0 Å². The van der Waals surface area contributed by atoms with E-state index in [1.54, 1.807) is 0 Å². The van der Waals surface area contributed by atoms with Crippen molar-refractivity contribution in [2.45, 2.75) is 19.9 Å². The fourth-order valence-electron chi connectivity index (χ4n) is 3.65. The van der Waals surface area contributed by atoms with Crippen LogP contribution in [-0.4, -0.2) is 47.0 Å². The van der Waals surface area contributed by atoms with Crippen LogP contribution in [0.4, 0.5) is 0 Å². The zero-order valence-corrected chi connectivity index (χ0v) is 16.2. The van der Waals surface area contributed by atoms with Crippen LogP contribution in [0.15, 0.2) is 65.2 Å². The summed E-state index contributed by atoms with van der Waals surface area (Å²) in [6.45, 7) is 6.02. The number of amides is 1. The lowest BCUT2D eigenvalue weighted by Gasteiger charge is -2.21. The van der Waals surface area contributed by atoms with E-state index in [-0.39, 0.29) is 5.91 Å². The van der Waals surface area contributed by atoms with Gasteiger partial charge >= 0.3 is 0 Å². The molecule has 5 nitrogen and oxygen atoms in total. The Morgan fingerprint density at radius 3 is 2.68 bits per heavy atom. The minimum Gasteiger partial charge on any atom is -0.359 e. The molecule has 1 fully saturated rings. The van der Waals surface area contributed by atoms with Gasteiger partial charge in [-0.15, -0.1) is 0 Å². The molecule has 0 atom stereocenters. The first kappa shape index (κ1) is 18.4. The van der Waals surface area contributed by atoms with Crippen LogP contribution in [0.3, 0.4) is 0 Å². The lowest BCUT2D eigenvalue weighted by molar-refractivity contribution is 0.0760. The summed E-state index contributed by atoms with van der Waals surface area (Å²) >= 11 is 0. The SMILES string of the molecule is Cc1cccc(C(=O)N2CCCN(Cc3cc(-c4ccccc4)no3)CC2)c1. The van der Waals surface area contributed by atoms with Crippen molar-refractivity contribution in [3.63, 3.8) is 0 Å². The molecule has 0 unspecified atom stereocenters. The molecule has 1 aromatic heterocycles. The lowest BCUT2D eigenvalue weighted by atomic mass is 10.1. The van der Waals surface area contributed by atoms with E-state index in [9.17, 15) is 4.79 Å². The monoisotopic (exact) mass is 375 g/mol. The number of rotatable bonds is 4. The summed E-state index contributed by atoms with van der Waals surface area (Å²) in [7, 11) is 0. The van der Waals surface area contributed by atoms with E-state index in [0.717, 1.165) is 60.7 Å². The maximum Gasteiger partial charge on any atom is 0.253 e. The van der Waals surface area contributed by atoms with Crippen molar-refractivity contribution in [2.24, 2.45) is 0 Å². The fourth-order valence-corrected chi connectivity index (χ4v) is 3.65. The van der Waals surface area contributed by atoms with Gasteiger partial charge in [0.1, 0.15) is 5.69 Å². The molecule has 2 heterocycles. The predicted molar refractivity (Wildman–Crippen MR) is 109 cm³/mol. The molecule has 3 aromatic rings. The van der Waals surface area contributed by atoms with Crippen LogP contribution in [0.5, 0.6) is 0 Å². The second-order valence-electron chi connectivity index (χ2n) is 7.34. The molecule has 5 heteroatoms. The zero-order chi connectivity index (χ0) is 19.3. The van der Waals surface area contributed by atoms with Crippen LogP contribution in [-0.2, 0) is 6.54 Å². The van der Waals surface area contributed by atoms with Gasteiger partial charge in [0.15, 0.2) is 5.76 Å². The minimum atomic E-state index is 0.122. The van der Waals surface area contributed by atoms with E-state index in [0.29, 0.717) is 6.54 Å². The van der Waals surface area contributed by atoms with E-state index in [1.165, 1.54) is 0 Å². The molecule has 0 saturated carbocycles. The Morgan fingerprint density at radius 1 is 1.00 bits per heavy atom. The first-order valence-electron chi connectivity index (χ1n) is 9.78. The molecule has 1 amide bonds. The average Bonchev–Trinajstić information content (AvgIpc) is 3.06. The number of aryl methyl sites for hydroxylation is 1. The molecule has 0 N–H and O–H groups in total. The van der Waals surface area contributed by atoms with E-state index < -0.39 is 0 Å². The third-order valence-corrected chi connectivity index (χ3v) is 5.15. The maximum atomic E-state index is 12.8. The van der Waals surface area contributed by atoms with E-state index in [1.807, 2.05) is 72.5 Å². The number of aromatic nitrogens is 1. The van der Waals surface area contributed by atoms with Crippen LogP contribution < -0.4 is 0 Å². The molecule has 1 aliphatic heterocycles. The summed E-state index contributed by atoms with van der Waals surface area (Å²) in [5.74, 6) is 0.980. The first-order chi connectivity index (χ1) is 13.7. The molecule has 0 bridgehead atoms. The van der Waals surface area contributed by atoms with Gasteiger partial charge < -0.3 is 9.42 Å². The quantitative estimate of drug-likeness (QED) is 0.692. The van der Waals surface area contributed by atoms with Crippen LogP contribution in [0, 0.1) is 6.92 Å². The van der Waals surface area contributed by atoms with Gasteiger partial charge in [-0.2, -0.15) is 0 Å². The molecule has 4 rings (SSSR count). The highest BCUT2D eigenvalue weighted by molar-refractivity contribution is 5.94. The summed E-state index contributed by atoms with van der Waals surface area (Å²) in [5, 5.41) is 4.20. The second kappa shape index (κ2) is 8.40. The van der Waals surface area contributed by atoms with Gasteiger partial charge in [-0.3, -0.25) is 9.69 Å². The molecule has 0 radical (unpaired) electrons. The third kappa shape index (κ3) is 4.31. The van der Waals surface area contributed by atoms with Gasteiger partial charge in [-0.1, -0.05) is 53.2 Å². The molecule has 144 valence electrons. The molecule has 0 aliphatic carbocycles. The fraction of sp³-hybridized carbons (Fsp3) is 0.304. The summed E-state index contributed by atoms with van der Waals surface area (Å²) < 4.78 is 5.55. The molecular formula is C23H25N3O2. The highest BCUT2D eigenvalue weighted by Crippen LogP contribution is 2.20. The Balaban J connectivity index is 1.37. The van der Waals surface area contributed by atoms with Gasteiger partial charge in [0.25, 0.3) is 5.91 Å². The van der Waals surface area contributed by atoms with E-state index in [4.69, 9.17) is 4.52 Å². The van der Waals surface area contributed by atoms with Gasteiger partial charge in [0, 0.05) is 43.4 Å². The Morgan fingerprint density at radius 2 is 1.86 bits per heavy atom. The van der Waals surface area contributed by atoms with Gasteiger partial charge in [0.05, 0.1) is 6.54 Å². The van der Waals surface area contributed by atoms with Crippen LogP contribution in [0.1, 0.15) is 28.1 Å². The largest absolute Gasteiger partial charge is 0.359 e. The predicted octanol–water partition coefficient (Wildman–Crippen LogP) is 4.00. The highest BCUT2D eigenvalue weighted by Gasteiger charge is 2.21. The molecule has 28 heavy (non-hydrogen) atoms. The van der Waals surface area contributed by atoms with Crippen molar-refractivity contribution in [1.82, 2.24) is 15.0 Å². The second-order valence-corrected chi connectivity index (χ2v) is 7.34. The number of hydrogen-bond acceptors (Lipinski definition) is 4. The molecule has 0 spiro atoms. The van der Waals surface area contributed by atoms with Crippen LogP contribution in [0.25, 0.3) is 11.3 Å². The third-order valence-electron chi connectivity index (χ3n) is 5.15. The van der Waals surface area contributed by atoms with Crippen LogP contribution in [0.2, 0.25) is 0 Å². The zero-order valence-electron chi connectivity index (χ0n) is 16.2. The summed E-state index contributed by atoms with van der Waals surface area (Å²) in [5.41, 5.74) is 3.81. The molecule has 1 saturated heterocycles. The van der Waals surface area contributed by atoms with Crippen molar-refractivity contribution in [3.05, 3.63) is 77.6 Å². The van der Waals surface area contributed by atoms with Crippen molar-refractivity contribution in [3.8, 4) is 11.3 Å². The van der Waals surface area contributed by atoms with Crippen molar-refractivity contribution >= 4 is 5.91 Å². The van der Waals surface area contributed by atoms with Crippen molar-refractivity contribution in [2.75, 3.05) is 26.2 Å². The minimum absolute atomic E-state index is 0.122. The standard InChI is InChI=1S/C23H25N3O2/c1-18-7-5-10-20(15-18)23(27)26-12-6-11-25(13-14-26)17-21-16-22(24-28-21)19-8-3-2-4-9-19/h2-5,7-10,15-16H,6,11-14,17H2,1H3. The average molecular weight is 375 g/mol. The van der Waals surface area contributed by atoms with Gasteiger partial charge in [0.2, 0.25) is 0 Å². The number of carbonyl (C=O) groups is 1. The molecule has 1 aliphatic rings. The number of benzene rings is 2. The summed E-state index contributed by atoms with van der Waals surface area (Å²) in [6, 6.07) is 19.9. The normalized spacial score (nSPS) is 15.4. The molecule has 2 aromatic carbocycles. The summed E-state index contributed by atoms with van der Waals surface area (Å²) in [6.07, 6.45) is 0.956. The Kier molecular flexibility index (Phi) is 5.53. The number of nitrogens with zero attached hydrogens (tertiary/aromatic N) is 3. The molecular weight excluding hydrogens is 350 g/mol. The van der Waals surface area contributed by atoms with Gasteiger partial charge in [-0.05, 0) is 25.5 Å².